The van der Waals surface area contributed by atoms with Gasteiger partial charge in [0.2, 0.25) is 5.89 Å². The van der Waals surface area contributed by atoms with Gasteiger partial charge in [-0.15, -0.1) is 5.10 Å². The van der Waals surface area contributed by atoms with Gasteiger partial charge in [-0.25, -0.2) is 17.6 Å². The Morgan fingerprint density at radius 2 is 2.03 bits per heavy atom. The third kappa shape index (κ3) is 5.37. The van der Waals surface area contributed by atoms with Gasteiger partial charge in [-0.05, 0) is 44.5 Å². The van der Waals surface area contributed by atoms with Crippen LogP contribution in [-0.4, -0.2) is 65.2 Å². The van der Waals surface area contributed by atoms with Crippen LogP contribution in [0.5, 0.6) is 0 Å². The number of halogens is 1. The van der Waals surface area contributed by atoms with Gasteiger partial charge in [0.1, 0.15) is 12.4 Å². The Hall–Kier alpha value is -3.02. The molecular formula is C19H22FN3O7S. The molecule has 1 aliphatic heterocycles. The van der Waals surface area contributed by atoms with E-state index in [1.54, 1.807) is 6.92 Å². The van der Waals surface area contributed by atoms with E-state index in [9.17, 15) is 27.2 Å². The molecule has 2 heterocycles. The fourth-order valence-corrected chi connectivity index (χ4v) is 5.10. The lowest BCUT2D eigenvalue weighted by molar-refractivity contribution is -0.160. The Bertz CT molecular complexity index is 1120. The average Bonchev–Trinajstić information content (AvgIpc) is 3.24. The predicted octanol–water partition coefficient (Wildman–Crippen LogP) is 0.610. The van der Waals surface area contributed by atoms with Crippen LogP contribution in [0.1, 0.15) is 20.3 Å². The zero-order valence-corrected chi connectivity index (χ0v) is 17.8. The van der Waals surface area contributed by atoms with E-state index >= 15 is 0 Å². The van der Waals surface area contributed by atoms with Crippen molar-refractivity contribution in [2.24, 2.45) is 0 Å². The molecule has 1 aromatic carbocycles. The Labute approximate surface area is 177 Å². The summed E-state index contributed by atoms with van der Waals surface area (Å²) in [5, 5.41) is 3.88. The van der Waals surface area contributed by atoms with E-state index in [0.717, 1.165) is 4.68 Å². The molecule has 3 rings (SSSR count). The molecule has 0 saturated carbocycles. The van der Waals surface area contributed by atoms with Gasteiger partial charge in [-0.3, -0.25) is 9.59 Å². The minimum atomic E-state index is -3.18. The van der Waals surface area contributed by atoms with Crippen molar-refractivity contribution in [2.45, 2.75) is 39.0 Å². The second-order valence-corrected chi connectivity index (χ2v) is 9.38. The lowest BCUT2D eigenvalue weighted by Crippen LogP contribution is -2.46. The van der Waals surface area contributed by atoms with Gasteiger partial charge >= 0.3 is 11.7 Å². The first-order valence-corrected chi connectivity index (χ1v) is 11.5. The van der Waals surface area contributed by atoms with Gasteiger partial charge in [-0.1, -0.05) is 0 Å². The first-order chi connectivity index (χ1) is 14.6. The molecular weight excluding hydrogens is 433 g/mol. The third-order valence-corrected chi connectivity index (χ3v) is 6.66. The summed E-state index contributed by atoms with van der Waals surface area (Å²) in [6.07, 6.45) is -0.835. The van der Waals surface area contributed by atoms with Crippen LogP contribution in [0.2, 0.25) is 0 Å². The van der Waals surface area contributed by atoms with Crippen molar-refractivity contribution in [2.75, 3.05) is 18.1 Å². The first kappa shape index (κ1) is 22.7. The number of aromatic nitrogens is 2. The van der Waals surface area contributed by atoms with Crippen molar-refractivity contribution in [3.8, 4) is 11.5 Å². The highest BCUT2D eigenvalue weighted by Gasteiger charge is 2.36. The molecule has 12 heteroatoms. The number of esters is 1. The Kier molecular flexibility index (Phi) is 6.58. The molecule has 1 amide bonds. The minimum absolute atomic E-state index is 0.0150. The highest BCUT2D eigenvalue weighted by atomic mass is 32.2. The highest BCUT2D eigenvalue weighted by molar-refractivity contribution is 7.91. The smallest absolute Gasteiger partial charge is 0.437 e. The molecule has 1 aliphatic rings. The minimum Gasteiger partial charge on any atom is -0.451 e. The van der Waals surface area contributed by atoms with Gasteiger partial charge in [0.05, 0.1) is 11.5 Å². The van der Waals surface area contributed by atoms with Crippen LogP contribution < -0.4 is 5.76 Å². The maximum absolute atomic E-state index is 13.0. The third-order valence-electron chi connectivity index (χ3n) is 4.91. The van der Waals surface area contributed by atoms with Gasteiger partial charge in [0, 0.05) is 18.2 Å². The number of likely N-dealkylation sites (N-methyl/N-ethyl adjacent to an activating group) is 1. The van der Waals surface area contributed by atoms with Crippen molar-refractivity contribution < 1.29 is 31.6 Å². The van der Waals surface area contributed by atoms with Gasteiger partial charge in [0.15, 0.2) is 15.9 Å². The molecule has 0 radical (unpaired) electrons. The van der Waals surface area contributed by atoms with Crippen LogP contribution in [0, 0.1) is 5.82 Å². The van der Waals surface area contributed by atoms with E-state index in [4.69, 9.17) is 9.15 Å². The summed E-state index contributed by atoms with van der Waals surface area (Å²) in [5.74, 6) is -2.99. The predicted molar refractivity (Wildman–Crippen MR) is 106 cm³/mol. The van der Waals surface area contributed by atoms with E-state index in [0.29, 0.717) is 12.0 Å². The van der Waals surface area contributed by atoms with Crippen LogP contribution in [0.4, 0.5) is 4.39 Å². The Morgan fingerprint density at radius 3 is 2.61 bits per heavy atom. The SMILES string of the molecule is CCN(C(=O)C(C)OC(=O)Cn1nc(-c2ccc(F)cc2)oc1=O)C1CCS(=O)(=O)C1. The molecule has 31 heavy (non-hydrogen) atoms. The molecule has 0 spiro atoms. The van der Waals surface area contributed by atoms with Crippen LogP contribution in [-0.2, 0) is 30.7 Å². The Morgan fingerprint density at radius 1 is 1.35 bits per heavy atom. The topological polar surface area (TPSA) is 129 Å². The largest absolute Gasteiger partial charge is 0.451 e. The number of ether oxygens (including phenoxy) is 1. The van der Waals surface area contributed by atoms with Gasteiger partial charge in [-0.2, -0.15) is 4.68 Å². The van der Waals surface area contributed by atoms with Gasteiger partial charge in [0.25, 0.3) is 5.91 Å². The molecule has 0 aliphatic carbocycles. The number of carbonyl (C=O) groups is 2. The van der Waals surface area contributed by atoms with Crippen molar-refractivity contribution in [3.05, 3.63) is 40.6 Å². The highest BCUT2D eigenvalue weighted by Crippen LogP contribution is 2.19. The molecule has 168 valence electrons. The Balaban J connectivity index is 1.63. The summed E-state index contributed by atoms with van der Waals surface area (Å²) < 4.78 is 47.3. The second kappa shape index (κ2) is 9.00. The maximum atomic E-state index is 13.0. The standard InChI is InChI=1S/C19H22FN3O7S/c1-3-22(15-8-9-31(27,28)11-15)18(25)12(2)29-16(24)10-23-19(26)30-17(21-23)13-4-6-14(20)7-5-13/h4-7,12,15H,3,8-11H2,1-2H3. The van der Waals surface area contributed by atoms with Crippen LogP contribution in [0.3, 0.4) is 0 Å². The molecule has 0 bridgehead atoms. The number of benzene rings is 1. The number of carbonyl (C=O) groups excluding carboxylic acids is 2. The van der Waals surface area contributed by atoms with Crippen molar-refractivity contribution >= 4 is 21.7 Å². The summed E-state index contributed by atoms with van der Waals surface area (Å²) in [6, 6.07) is 4.62. The molecule has 1 fully saturated rings. The second-order valence-electron chi connectivity index (χ2n) is 7.15. The number of amides is 1. The molecule has 2 atom stereocenters. The van der Waals surface area contributed by atoms with E-state index in [1.807, 2.05) is 0 Å². The fraction of sp³-hybridized carbons (Fsp3) is 0.474. The summed E-state index contributed by atoms with van der Waals surface area (Å²) in [7, 11) is -3.18. The molecule has 1 saturated heterocycles. The van der Waals surface area contributed by atoms with E-state index in [2.05, 4.69) is 5.10 Å². The number of sulfone groups is 1. The van der Waals surface area contributed by atoms with Crippen LogP contribution in [0.15, 0.2) is 33.5 Å². The zero-order valence-electron chi connectivity index (χ0n) is 17.0. The van der Waals surface area contributed by atoms with Crippen molar-refractivity contribution in [1.29, 1.82) is 0 Å². The fourth-order valence-electron chi connectivity index (χ4n) is 3.37. The number of hydrogen-bond acceptors (Lipinski definition) is 8. The monoisotopic (exact) mass is 455 g/mol. The zero-order chi connectivity index (χ0) is 22.8. The van der Waals surface area contributed by atoms with Crippen molar-refractivity contribution in [1.82, 2.24) is 14.7 Å². The average molecular weight is 455 g/mol. The van der Waals surface area contributed by atoms with E-state index in [-0.39, 0.29) is 23.9 Å². The molecule has 10 nitrogen and oxygen atoms in total. The summed E-state index contributed by atoms with van der Waals surface area (Å²) in [4.78, 5) is 38.2. The number of nitrogens with zero attached hydrogens (tertiary/aromatic N) is 3. The molecule has 2 aromatic rings. The molecule has 0 N–H and O–H groups in total. The molecule has 2 unspecified atom stereocenters. The van der Waals surface area contributed by atoms with E-state index in [1.165, 1.54) is 36.1 Å². The molecule has 1 aromatic heterocycles. The van der Waals surface area contributed by atoms with Crippen LogP contribution in [0.25, 0.3) is 11.5 Å². The lowest BCUT2D eigenvalue weighted by Gasteiger charge is -2.29. The quantitative estimate of drug-likeness (QED) is 0.556. The van der Waals surface area contributed by atoms with Gasteiger partial charge < -0.3 is 14.1 Å². The lowest BCUT2D eigenvalue weighted by atomic mass is 10.2. The number of hydrogen-bond donors (Lipinski definition) is 0. The van der Waals surface area contributed by atoms with E-state index < -0.39 is 52.0 Å². The summed E-state index contributed by atoms with van der Waals surface area (Å²) in [5.41, 5.74) is 0.347. The summed E-state index contributed by atoms with van der Waals surface area (Å²) >= 11 is 0. The van der Waals surface area contributed by atoms with Crippen LogP contribution >= 0.6 is 0 Å². The summed E-state index contributed by atoms with van der Waals surface area (Å²) in [6.45, 7) is 2.76. The normalized spacial score (nSPS) is 18.5. The maximum Gasteiger partial charge on any atom is 0.437 e. The van der Waals surface area contributed by atoms with Crippen molar-refractivity contribution in [3.63, 3.8) is 0 Å². The first-order valence-electron chi connectivity index (χ1n) is 9.64. The number of rotatable bonds is 7.